The molecular weight excluding hydrogens is 468 g/mol. The van der Waals surface area contributed by atoms with Crippen LogP contribution < -0.4 is 0 Å². The van der Waals surface area contributed by atoms with Crippen LogP contribution in [0.2, 0.25) is 0 Å². The number of rotatable bonds is 6. The molecule has 1 aromatic carbocycles. The van der Waals surface area contributed by atoms with Crippen LogP contribution in [-0.2, 0) is 28.5 Å². The van der Waals surface area contributed by atoms with Crippen molar-refractivity contribution in [2.45, 2.75) is 43.4 Å². The van der Waals surface area contributed by atoms with E-state index >= 15 is 0 Å². The summed E-state index contributed by atoms with van der Waals surface area (Å²) in [6.45, 7) is 3.28. The number of ether oxygens (including phenoxy) is 5. The molecule has 4 rings (SSSR count). The van der Waals surface area contributed by atoms with E-state index in [0.29, 0.717) is 12.0 Å². The Morgan fingerprint density at radius 2 is 1.97 bits per heavy atom. The molecule has 0 radical (unpaired) electrons. The summed E-state index contributed by atoms with van der Waals surface area (Å²) in [5.74, 6) is -3.79. The van der Waals surface area contributed by atoms with E-state index in [1.807, 2.05) is 0 Å². The monoisotopic (exact) mass is 494 g/mol. The zero-order chi connectivity index (χ0) is 25.3. The van der Waals surface area contributed by atoms with Crippen molar-refractivity contribution in [1.29, 1.82) is 0 Å². The third-order valence-corrected chi connectivity index (χ3v) is 6.25. The molecule has 0 saturated carbocycles. The van der Waals surface area contributed by atoms with Crippen molar-refractivity contribution in [2.24, 2.45) is 11.8 Å². The van der Waals surface area contributed by atoms with E-state index in [0.717, 1.165) is 6.07 Å². The van der Waals surface area contributed by atoms with Gasteiger partial charge in [0.15, 0.2) is 23.9 Å². The van der Waals surface area contributed by atoms with E-state index in [9.17, 15) is 35.1 Å². The number of benzene rings is 1. The second kappa shape index (κ2) is 10.2. The fraction of sp³-hybridized carbons (Fsp3) is 0.478. The molecule has 12 heteroatoms. The topological polar surface area (TPSA) is 181 Å². The third-order valence-electron chi connectivity index (χ3n) is 6.25. The van der Waals surface area contributed by atoms with Crippen molar-refractivity contribution >= 4 is 11.9 Å². The molecule has 0 amide bonds. The summed E-state index contributed by atoms with van der Waals surface area (Å²) in [5, 5.41) is 50.6. The number of carbonyl (C=O) groups excluding carboxylic acids is 2. The molecule has 12 nitrogen and oxygen atoms in total. The lowest BCUT2D eigenvalue weighted by molar-refractivity contribution is -0.339. The number of esters is 2. The van der Waals surface area contributed by atoms with Crippen molar-refractivity contribution in [3.8, 4) is 11.5 Å². The van der Waals surface area contributed by atoms with Crippen molar-refractivity contribution in [3.05, 3.63) is 48.3 Å². The summed E-state index contributed by atoms with van der Waals surface area (Å²) >= 11 is 0. The van der Waals surface area contributed by atoms with Gasteiger partial charge in [-0.3, -0.25) is 0 Å². The molecule has 0 bridgehead atoms. The van der Waals surface area contributed by atoms with Gasteiger partial charge in [-0.1, -0.05) is 12.1 Å². The number of aromatic hydroxyl groups is 2. The van der Waals surface area contributed by atoms with Crippen LogP contribution in [0, 0.1) is 11.8 Å². The van der Waals surface area contributed by atoms with Crippen LogP contribution >= 0.6 is 0 Å². The van der Waals surface area contributed by atoms with E-state index in [1.54, 1.807) is 0 Å². The Morgan fingerprint density at radius 1 is 1.20 bits per heavy atom. The highest BCUT2D eigenvalue weighted by Gasteiger charge is 2.50. The first-order valence-corrected chi connectivity index (χ1v) is 10.9. The van der Waals surface area contributed by atoms with Crippen LogP contribution in [0.5, 0.6) is 11.5 Å². The molecule has 3 aliphatic rings. The number of para-hydroxylation sites is 1. The molecule has 0 aromatic heterocycles. The predicted molar refractivity (Wildman–Crippen MR) is 114 cm³/mol. The largest absolute Gasteiger partial charge is 0.504 e. The van der Waals surface area contributed by atoms with Crippen LogP contribution in [-0.4, -0.2) is 87.7 Å². The fourth-order valence-corrected chi connectivity index (χ4v) is 4.34. The van der Waals surface area contributed by atoms with E-state index in [1.165, 1.54) is 24.5 Å². The molecule has 35 heavy (non-hydrogen) atoms. The molecule has 3 aliphatic heterocycles. The number of cyclic esters (lactones) is 1. The minimum absolute atomic E-state index is 0.207. The second-order valence-corrected chi connectivity index (χ2v) is 8.31. The minimum Gasteiger partial charge on any atom is -0.504 e. The smallest absolute Gasteiger partial charge is 0.342 e. The van der Waals surface area contributed by atoms with Gasteiger partial charge < -0.3 is 49.2 Å². The zero-order valence-corrected chi connectivity index (χ0v) is 18.4. The molecule has 2 saturated heterocycles. The van der Waals surface area contributed by atoms with Crippen LogP contribution in [0.15, 0.2) is 42.7 Å². The Morgan fingerprint density at radius 3 is 2.69 bits per heavy atom. The van der Waals surface area contributed by atoms with Gasteiger partial charge in [0.1, 0.15) is 23.9 Å². The first-order valence-electron chi connectivity index (χ1n) is 10.9. The van der Waals surface area contributed by atoms with E-state index in [2.05, 4.69) is 6.58 Å². The number of aliphatic hydroxyl groups excluding tert-OH is 3. The van der Waals surface area contributed by atoms with Gasteiger partial charge in [0.25, 0.3) is 0 Å². The van der Waals surface area contributed by atoms with Crippen LogP contribution in [0.3, 0.4) is 0 Å². The van der Waals surface area contributed by atoms with Crippen molar-refractivity contribution in [3.63, 3.8) is 0 Å². The fourth-order valence-electron chi connectivity index (χ4n) is 4.34. The molecule has 3 heterocycles. The Hall–Kier alpha value is -3.16. The van der Waals surface area contributed by atoms with Crippen molar-refractivity contribution in [1.82, 2.24) is 0 Å². The Labute approximate surface area is 199 Å². The third kappa shape index (κ3) is 4.70. The summed E-state index contributed by atoms with van der Waals surface area (Å²) < 4.78 is 27.1. The Balaban J connectivity index is 1.53. The molecule has 5 N–H and O–H groups in total. The van der Waals surface area contributed by atoms with E-state index < -0.39 is 78.5 Å². The molecular formula is C23H26O12. The number of carbonyl (C=O) groups is 2. The maximum absolute atomic E-state index is 12.6. The average molecular weight is 494 g/mol. The van der Waals surface area contributed by atoms with E-state index in [-0.39, 0.29) is 12.5 Å². The van der Waals surface area contributed by atoms with Crippen LogP contribution in [0.25, 0.3) is 0 Å². The molecule has 0 unspecified atom stereocenters. The summed E-state index contributed by atoms with van der Waals surface area (Å²) in [7, 11) is 0. The predicted octanol–water partition coefficient (Wildman–Crippen LogP) is -0.316. The molecule has 190 valence electrons. The van der Waals surface area contributed by atoms with Gasteiger partial charge >= 0.3 is 11.9 Å². The number of phenols is 2. The standard InChI is InChI=1S/C23H26O12/c1-2-10-11-6-7-31-20(29)13(11)9-32-22(10)35-23-18(28)19(17(27)15(8-24)33-23)34-21(30)12-4-3-5-14(25)16(12)26/h2-5,9-11,15,17-19,22-28H,1,6-8H2/t10-,11+,15-,17-,18-,19+,22+,23+/m1/s1. The van der Waals surface area contributed by atoms with Gasteiger partial charge in [-0.05, 0) is 18.6 Å². The summed E-state index contributed by atoms with van der Waals surface area (Å²) in [6, 6.07) is 3.63. The second-order valence-electron chi connectivity index (χ2n) is 8.31. The lowest BCUT2D eigenvalue weighted by Gasteiger charge is -2.44. The Kier molecular flexibility index (Phi) is 7.28. The summed E-state index contributed by atoms with van der Waals surface area (Å²) in [5.41, 5.74) is -0.0782. The molecule has 1 aromatic rings. The van der Waals surface area contributed by atoms with Gasteiger partial charge in [-0.25, -0.2) is 9.59 Å². The van der Waals surface area contributed by atoms with Crippen LogP contribution in [0.1, 0.15) is 16.8 Å². The van der Waals surface area contributed by atoms with Gasteiger partial charge in [-0.2, -0.15) is 0 Å². The van der Waals surface area contributed by atoms with Gasteiger partial charge in [0.2, 0.25) is 6.29 Å². The van der Waals surface area contributed by atoms with E-state index in [4.69, 9.17) is 23.7 Å². The van der Waals surface area contributed by atoms with Crippen molar-refractivity contribution in [2.75, 3.05) is 13.2 Å². The first kappa shape index (κ1) is 24.9. The van der Waals surface area contributed by atoms with Gasteiger partial charge in [0, 0.05) is 11.8 Å². The van der Waals surface area contributed by atoms with Gasteiger partial charge in [-0.15, -0.1) is 6.58 Å². The SMILES string of the molecule is C=C[C@H]1[C@H](O[C@@H]2O[C@H](CO)[C@@H](O)[C@H](OC(=O)c3cccc(O)c3O)[C@H]2O)OC=C2C(=O)OCC[C@H]21. The number of hydrogen-bond acceptors (Lipinski definition) is 12. The molecule has 8 atom stereocenters. The maximum Gasteiger partial charge on any atom is 0.342 e. The number of fused-ring (bicyclic) bond motifs is 1. The highest BCUT2D eigenvalue weighted by molar-refractivity contribution is 5.93. The quantitative estimate of drug-likeness (QED) is 0.198. The molecule has 0 aliphatic carbocycles. The Bertz CT molecular complexity index is 1010. The number of hydrogen-bond donors (Lipinski definition) is 5. The number of phenolic OH excluding ortho intramolecular Hbond substituents is 2. The van der Waals surface area contributed by atoms with Crippen LogP contribution in [0.4, 0.5) is 0 Å². The lowest BCUT2D eigenvalue weighted by atomic mass is 9.81. The maximum atomic E-state index is 12.6. The minimum atomic E-state index is -1.74. The number of aliphatic hydroxyl groups is 3. The summed E-state index contributed by atoms with van der Waals surface area (Å²) in [6.07, 6.45) is -5.67. The van der Waals surface area contributed by atoms with Crippen molar-refractivity contribution < 1.29 is 58.8 Å². The molecule has 0 spiro atoms. The first-order chi connectivity index (χ1) is 16.8. The zero-order valence-electron chi connectivity index (χ0n) is 18.4. The summed E-state index contributed by atoms with van der Waals surface area (Å²) in [4.78, 5) is 24.6. The lowest BCUT2D eigenvalue weighted by Crippen LogP contribution is -2.61. The average Bonchev–Trinajstić information content (AvgIpc) is 2.85. The van der Waals surface area contributed by atoms with Gasteiger partial charge in [0.05, 0.1) is 25.0 Å². The highest BCUT2D eigenvalue weighted by atomic mass is 16.8. The highest BCUT2D eigenvalue weighted by Crippen LogP contribution is 2.39. The normalized spacial score (nSPS) is 34.6. The molecule has 2 fully saturated rings.